The molecule has 0 radical (unpaired) electrons. The minimum absolute atomic E-state index is 0.00796. The number of methoxy groups -OCH3 is 1. The molecule has 7 heteroatoms. The fraction of sp³-hybridized carbons (Fsp3) is 0.917. The van der Waals surface area contributed by atoms with E-state index in [0.717, 1.165) is 25.7 Å². The Bertz CT molecular complexity index is 474. The smallest absolute Gasteiger partial charge is 0.248 e. The van der Waals surface area contributed by atoms with Crippen LogP contribution in [0.5, 0.6) is 0 Å². The number of sulfonamides is 1. The molecule has 2 heterocycles. The number of carbonyl (C=O) groups is 1. The van der Waals surface area contributed by atoms with Crippen molar-refractivity contribution in [1.29, 1.82) is 0 Å². The lowest BCUT2D eigenvalue weighted by atomic mass is 10.1. The van der Waals surface area contributed by atoms with Gasteiger partial charge in [-0.05, 0) is 25.7 Å². The summed E-state index contributed by atoms with van der Waals surface area (Å²) in [5.74, 6) is -0.0272. The highest BCUT2D eigenvalue weighted by Gasteiger charge is 2.51. The van der Waals surface area contributed by atoms with Crippen LogP contribution in [0.25, 0.3) is 0 Å². The number of likely N-dealkylation sites (tertiary alicyclic amines) is 1. The summed E-state index contributed by atoms with van der Waals surface area (Å²) in [6, 6.07) is 0.0441. The predicted molar refractivity (Wildman–Crippen MR) is 69.0 cm³/mol. The molecule has 1 saturated carbocycles. The van der Waals surface area contributed by atoms with Crippen molar-refractivity contribution in [1.82, 2.24) is 9.21 Å². The highest BCUT2D eigenvalue weighted by Crippen LogP contribution is 2.39. The molecule has 3 rings (SSSR count). The summed E-state index contributed by atoms with van der Waals surface area (Å²) in [6.07, 6.45) is 3.10. The van der Waals surface area contributed by atoms with Gasteiger partial charge in [-0.15, -0.1) is 0 Å². The molecule has 2 saturated heterocycles. The van der Waals surface area contributed by atoms with E-state index in [0.29, 0.717) is 13.1 Å². The molecule has 3 fully saturated rings. The molecule has 2 aliphatic heterocycles. The summed E-state index contributed by atoms with van der Waals surface area (Å²) in [4.78, 5) is 13.7. The minimum Gasteiger partial charge on any atom is -0.375 e. The number of rotatable bonds is 4. The number of nitrogens with zero attached hydrogens (tertiary/aromatic N) is 2. The van der Waals surface area contributed by atoms with Gasteiger partial charge in [0.2, 0.25) is 15.9 Å². The molecule has 108 valence electrons. The van der Waals surface area contributed by atoms with Crippen LogP contribution in [-0.4, -0.2) is 67.7 Å². The lowest BCUT2D eigenvalue weighted by Crippen LogP contribution is -2.43. The molecule has 0 aromatic rings. The van der Waals surface area contributed by atoms with Crippen LogP contribution in [0.4, 0.5) is 0 Å². The fourth-order valence-electron chi connectivity index (χ4n) is 3.34. The molecular formula is C12H20N2O4S. The van der Waals surface area contributed by atoms with E-state index in [4.69, 9.17) is 4.74 Å². The van der Waals surface area contributed by atoms with E-state index in [1.807, 2.05) is 0 Å². The summed E-state index contributed by atoms with van der Waals surface area (Å²) in [5.41, 5.74) is 0. The van der Waals surface area contributed by atoms with Gasteiger partial charge in [0.05, 0.1) is 5.25 Å². The van der Waals surface area contributed by atoms with Crippen LogP contribution in [0.1, 0.15) is 25.7 Å². The molecule has 19 heavy (non-hydrogen) atoms. The van der Waals surface area contributed by atoms with Crippen molar-refractivity contribution in [3.63, 3.8) is 0 Å². The minimum atomic E-state index is -3.12. The maximum atomic E-state index is 12.3. The highest BCUT2D eigenvalue weighted by atomic mass is 32.2. The van der Waals surface area contributed by atoms with Crippen LogP contribution in [0, 0.1) is 0 Å². The van der Waals surface area contributed by atoms with Gasteiger partial charge in [-0.25, -0.2) is 8.42 Å². The van der Waals surface area contributed by atoms with Crippen molar-refractivity contribution >= 4 is 15.9 Å². The van der Waals surface area contributed by atoms with Crippen molar-refractivity contribution in [3.8, 4) is 0 Å². The van der Waals surface area contributed by atoms with Crippen molar-refractivity contribution in [2.24, 2.45) is 0 Å². The van der Waals surface area contributed by atoms with E-state index in [1.54, 1.807) is 9.21 Å². The van der Waals surface area contributed by atoms with Crippen molar-refractivity contribution in [2.45, 2.75) is 43.0 Å². The van der Waals surface area contributed by atoms with Gasteiger partial charge < -0.3 is 9.64 Å². The third kappa shape index (κ3) is 2.17. The summed E-state index contributed by atoms with van der Waals surface area (Å²) < 4.78 is 31.2. The molecular weight excluding hydrogens is 268 g/mol. The highest BCUT2D eigenvalue weighted by molar-refractivity contribution is 7.90. The van der Waals surface area contributed by atoms with Crippen LogP contribution in [0.2, 0.25) is 0 Å². The second kappa shape index (κ2) is 4.71. The second-order valence-corrected chi connectivity index (χ2v) is 7.75. The Balaban J connectivity index is 1.73. The molecule has 6 nitrogen and oxygen atoms in total. The normalized spacial score (nSPS) is 31.7. The average molecular weight is 288 g/mol. The molecule has 0 aromatic carbocycles. The van der Waals surface area contributed by atoms with E-state index < -0.39 is 10.0 Å². The third-order valence-electron chi connectivity index (χ3n) is 4.39. The Kier molecular flexibility index (Phi) is 3.31. The van der Waals surface area contributed by atoms with E-state index in [-0.39, 0.29) is 29.8 Å². The van der Waals surface area contributed by atoms with Crippen molar-refractivity contribution in [3.05, 3.63) is 0 Å². The zero-order valence-electron chi connectivity index (χ0n) is 11.1. The van der Waals surface area contributed by atoms with Gasteiger partial charge in [0.25, 0.3) is 0 Å². The summed E-state index contributed by atoms with van der Waals surface area (Å²) in [7, 11) is -1.61. The topological polar surface area (TPSA) is 66.9 Å². The Morgan fingerprint density at radius 2 is 1.84 bits per heavy atom. The van der Waals surface area contributed by atoms with Crippen LogP contribution >= 0.6 is 0 Å². The number of hydrogen-bond acceptors (Lipinski definition) is 4. The van der Waals surface area contributed by atoms with E-state index in [9.17, 15) is 13.2 Å². The Labute approximate surface area is 113 Å². The first kappa shape index (κ1) is 13.3. The van der Waals surface area contributed by atoms with Gasteiger partial charge in [0, 0.05) is 32.3 Å². The van der Waals surface area contributed by atoms with Crippen LogP contribution in [0.3, 0.4) is 0 Å². The van der Waals surface area contributed by atoms with Gasteiger partial charge in [0.15, 0.2) is 0 Å². The zero-order valence-corrected chi connectivity index (χ0v) is 11.9. The van der Waals surface area contributed by atoms with E-state index in [2.05, 4.69) is 0 Å². The quantitative estimate of drug-likeness (QED) is 0.718. The molecule has 0 N–H and O–H groups in total. The standard InChI is InChI=1S/C12H20N2O4S/c1-18-8-12(15)13-6-4-11-10(13)5-7-14(11)19(16,17)9-2-3-9/h9-11H,2-8H2,1H3/t10-,11+/m0/s1. The maximum absolute atomic E-state index is 12.3. The lowest BCUT2D eigenvalue weighted by Gasteiger charge is -2.25. The first-order valence-electron chi connectivity index (χ1n) is 6.84. The van der Waals surface area contributed by atoms with Gasteiger partial charge in [-0.2, -0.15) is 4.31 Å². The first-order valence-corrected chi connectivity index (χ1v) is 8.35. The lowest BCUT2D eigenvalue weighted by molar-refractivity contribution is -0.135. The molecule has 0 aromatic heterocycles. The van der Waals surface area contributed by atoms with Crippen LogP contribution in [-0.2, 0) is 19.6 Å². The fourth-order valence-corrected chi connectivity index (χ4v) is 5.43. The molecule has 3 aliphatic rings. The van der Waals surface area contributed by atoms with Gasteiger partial charge in [-0.3, -0.25) is 4.79 Å². The first-order chi connectivity index (χ1) is 9.05. The number of amides is 1. The Morgan fingerprint density at radius 1 is 1.16 bits per heavy atom. The summed E-state index contributed by atoms with van der Waals surface area (Å²) in [5, 5.41) is -0.157. The van der Waals surface area contributed by atoms with E-state index >= 15 is 0 Å². The second-order valence-electron chi connectivity index (χ2n) is 5.59. The van der Waals surface area contributed by atoms with Gasteiger partial charge in [-0.1, -0.05) is 0 Å². The Morgan fingerprint density at radius 3 is 2.47 bits per heavy atom. The number of carbonyl (C=O) groups excluding carboxylic acids is 1. The third-order valence-corrected chi connectivity index (χ3v) is 6.81. The number of fused-ring (bicyclic) bond motifs is 1. The summed E-state index contributed by atoms with van der Waals surface area (Å²) >= 11 is 0. The number of hydrogen-bond donors (Lipinski definition) is 0. The Hall–Kier alpha value is -0.660. The molecule has 0 spiro atoms. The SMILES string of the molecule is COCC(=O)N1CC[C@@H]2[C@@H]1CCN2S(=O)(=O)C1CC1. The van der Waals surface area contributed by atoms with Crippen LogP contribution in [0.15, 0.2) is 0 Å². The maximum Gasteiger partial charge on any atom is 0.248 e. The monoisotopic (exact) mass is 288 g/mol. The van der Waals surface area contributed by atoms with Gasteiger partial charge in [0.1, 0.15) is 6.61 Å². The van der Waals surface area contributed by atoms with Crippen LogP contribution < -0.4 is 0 Å². The van der Waals surface area contributed by atoms with E-state index in [1.165, 1.54) is 7.11 Å². The van der Waals surface area contributed by atoms with Crippen molar-refractivity contribution < 1.29 is 17.9 Å². The average Bonchev–Trinajstić information content (AvgIpc) is 3.00. The predicted octanol–water partition coefficient (Wildman–Crippen LogP) is -0.200. The summed E-state index contributed by atoms with van der Waals surface area (Å²) in [6.45, 7) is 1.29. The number of ether oxygens (including phenoxy) is 1. The largest absolute Gasteiger partial charge is 0.375 e. The zero-order chi connectivity index (χ0) is 13.6. The molecule has 0 unspecified atom stereocenters. The van der Waals surface area contributed by atoms with Gasteiger partial charge >= 0.3 is 0 Å². The molecule has 1 amide bonds. The molecule has 0 bridgehead atoms. The molecule has 2 atom stereocenters. The molecule has 1 aliphatic carbocycles. The van der Waals surface area contributed by atoms with Crippen molar-refractivity contribution in [2.75, 3.05) is 26.8 Å².